The lowest BCUT2D eigenvalue weighted by Gasteiger charge is -2.18. The van der Waals surface area contributed by atoms with Crippen molar-refractivity contribution in [2.75, 3.05) is 47.1 Å². The Kier molecular flexibility index (Phi) is 25.0. The molecule has 0 rings (SSSR count). The fourth-order valence-electron chi connectivity index (χ4n) is 3.53. The number of hydrogen-bond donors (Lipinski definition) is 0. The van der Waals surface area contributed by atoms with Crippen LogP contribution in [0.1, 0.15) is 117 Å². The quantitative estimate of drug-likeness (QED) is 0.0785. The number of hydrogen-bond acceptors (Lipinski definition) is 7. The molecule has 0 fully saturated rings. The summed E-state index contributed by atoms with van der Waals surface area (Å²) in [6.07, 6.45) is 15.9. The summed E-state index contributed by atoms with van der Waals surface area (Å²) in [5.41, 5.74) is 0. The van der Waals surface area contributed by atoms with Gasteiger partial charge in [0.05, 0.1) is 26.1 Å². The maximum Gasteiger partial charge on any atom is 0.307 e. The monoisotopic (exact) mass is 501 g/mol. The summed E-state index contributed by atoms with van der Waals surface area (Å²) < 4.78 is 22.4. The first-order valence-corrected chi connectivity index (χ1v) is 14.2. The molecule has 0 aliphatic carbocycles. The summed E-state index contributed by atoms with van der Waals surface area (Å²) in [6.45, 7) is 6.97. The van der Waals surface area contributed by atoms with E-state index < -0.39 is 0 Å². The third-order valence-electron chi connectivity index (χ3n) is 5.77. The fourth-order valence-corrected chi connectivity index (χ4v) is 3.53. The summed E-state index contributed by atoms with van der Waals surface area (Å²) >= 11 is 0. The van der Waals surface area contributed by atoms with Gasteiger partial charge in [0.25, 0.3) is 0 Å². The third kappa shape index (κ3) is 25.7. The molecule has 0 aromatic rings. The van der Waals surface area contributed by atoms with E-state index in [9.17, 15) is 9.59 Å². The Bertz CT molecular complexity index is 468. The van der Waals surface area contributed by atoms with Gasteiger partial charge in [-0.3, -0.25) is 9.59 Å². The van der Waals surface area contributed by atoms with Gasteiger partial charge in [-0.05, 0) is 26.9 Å². The number of esters is 2. The predicted octanol–water partition coefficient (Wildman–Crippen LogP) is 6.28. The number of carbonyl (C=O) groups excluding carboxylic acids is 2. The molecule has 0 amide bonds. The molecule has 0 atom stereocenters. The Morgan fingerprint density at radius 1 is 0.600 bits per heavy atom. The van der Waals surface area contributed by atoms with Gasteiger partial charge in [-0.25, -0.2) is 0 Å². The van der Waals surface area contributed by atoms with Crippen LogP contribution in [0.4, 0.5) is 0 Å². The second kappa shape index (κ2) is 25.9. The molecule has 0 N–H and O–H groups in total. The van der Waals surface area contributed by atoms with E-state index in [0.29, 0.717) is 39.0 Å². The first-order valence-electron chi connectivity index (χ1n) is 14.2. The first-order chi connectivity index (χ1) is 17.0. The Hall–Kier alpha value is -1.18. The summed E-state index contributed by atoms with van der Waals surface area (Å²) in [7, 11) is 3.83. The predicted molar refractivity (Wildman–Crippen MR) is 141 cm³/mol. The highest BCUT2D eigenvalue weighted by Crippen LogP contribution is 2.12. The molecule has 7 heteroatoms. The van der Waals surface area contributed by atoms with E-state index >= 15 is 0 Å². The maximum atomic E-state index is 12.1. The maximum absolute atomic E-state index is 12.1. The van der Waals surface area contributed by atoms with Gasteiger partial charge in [0.1, 0.15) is 0 Å². The van der Waals surface area contributed by atoms with Crippen LogP contribution < -0.4 is 0 Å². The van der Waals surface area contributed by atoms with Crippen molar-refractivity contribution in [1.82, 2.24) is 4.90 Å². The van der Waals surface area contributed by atoms with Gasteiger partial charge in [-0.15, -0.1) is 0 Å². The Labute approximate surface area is 215 Å². The van der Waals surface area contributed by atoms with Crippen LogP contribution in [-0.4, -0.2) is 70.2 Å². The lowest BCUT2D eigenvalue weighted by molar-refractivity contribution is -0.159. The van der Waals surface area contributed by atoms with Crippen molar-refractivity contribution in [2.24, 2.45) is 0 Å². The smallest absolute Gasteiger partial charge is 0.307 e. The summed E-state index contributed by atoms with van der Waals surface area (Å²) in [4.78, 5) is 25.6. The minimum absolute atomic E-state index is 0.224. The molecule has 0 saturated carbocycles. The van der Waals surface area contributed by atoms with Crippen molar-refractivity contribution in [3.05, 3.63) is 0 Å². The highest BCUT2D eigenvalue weighted by Gasteiger charge is 2.13. The van der Waals surface area contributed by atoms with Gasteiger partial charge in [-0.1, -0.05) is 78.1 Å². The first kappa shape index (κ1) is 33.8. The normalized spacial score (nSPS) is 11.4. The standard InChI is InChI=1S/C28H55NO6/c1-5-7-9-11-13-15-22-34-28(35-23-16-14-12-10-8-6-2)19-18-26(30)32-24-17-25-33-27(31)20-21-29(3)4/h28H,5-25H2,1-4H3. The van der Waals surface area contributed by atoms with Crippen LogP contribution in [0.15, 0.2) is 0 Å². The van der Waals surface area contributed by atoms with Crippen molar-refractivity contribution >= 4 is 11.9 Å². The van der Waals surface area contributed by atoms with Gasteiger partial charge in [0.15, 0.2) is 6.29 Å². The van der Waals surface area contributed by atoms with E-state index in [2.05, 4.69) is 13.8 Å². The molecule has 0 aliphatic heterocycles. The average Bonchev–Trinajstić information content (AvgIpc) is 2.84. The Balaban J connectivity index is 4.06. The molecule has 0 aliphatic rings. The van der Waals surface area contributed by atoms with Gasteiger partial charge >= 0.3 is 11.9 Å². The Morgan fingerprint density at radius 2 is 1.06 bits per heavy atom. The molecule has 0 spiro atoms. The minimum atomic E-state index is -0.355. The SMILES string of the molecule is CCCCCCCCOC(CCC(=O)OCCCOC(=O)CCN(C)C)OCCCCCCCC. The highest BCUT2D eigenvalue weighted by atomic mass is 16.7. The summed E-state index contributed by atoms with van der Waals surface area (Å²) in [5.74, 6) is -0.488. The molecule has 0 bridgehead atoms. The van der Waals surface area contributed by atoms with Crippen molar-refractivity contribution in [3.8, 4) is 0 Å². The molecular weight excluding hydrogens is 446 g/mol. The lowest BCUT2D eigenvalue weighted by atomic mass is 10.1. The van der Waals surface area contributed by atoms with Crippen molar-refractivity contribution in [2.45, 2.75) is 123 Å². The molecule has 0 radical (unpaired) electrons. The molecule has 208 valence electrons. The molecule has 35 heavy (non-hydrogen) atoms. The third-order valence-corrected chi connectivity index (χ3v) is 5.77. The number of nitrogens with zero attached hydrogens (tertiary/aromatic N) is 1. The van der Waals surface area contributed by atoms with Crippen molar-refractivity contribution in [1.29, 1.82) is 0 Å². The molecular formula is C28H55NO6. The van der Waals surface area contributed by atoms with Gasteiger partial charge in [0, 0.05) is 32.6 Å². The van der Waals surface area contributed by atoms with E-state index in [1.54, 1.807) is 0 Å². The topological polar surface area (TPSA) is 74.3 Å². The van der Waals surface area contributed by atoms with Crippen LogP contribution in [0.5, 0.6) is 0 Å². The van der Waals surface area contributed by atoms with E-state index in [1.807, 2.05) is 19.0 Å². The van der Waals surface area contributed by atoms with Crippen LogP contribution in [0.2, 0.25) is 0 Å². The summed E-state index contributed by atoms with van der Waals surface area (Å²) in [6, 6.07) is 0. The largest absolute Gasteiger partial charge is 0.466 e. The molecule has 7 nitrogen and oxygen atoms in total. The van der Waals surface area contributed by atoms with E-state index in [4.69, 9.17) is 18.9 Å². The summed E-state index contributed by atoms with van der Waals surface area (Å²) in [5, 5.41) is 0. The highest BCUT2D eigenvalue weighted by molar-refractivity contribution is 5.69. The molecule has 0 heterocycles. The second-order valence-corrected chi connectivity index (χ2v) is 9.59. The zero-order chi connectivity index (χ0) is 26.0. The van der Waals surface area contributed by atoms with E-state index in [-0.39, 0.29) is 37.9 Å². The molecule has 0 aromatic heterocycles. The van der Waals surface area contributed by atoms with Gasteiger partial charge in [-0.2, -0.15) is 0 Å². The van der Waals surface area contributed by atoms with Crippen molar-refractivity contribution < 1.29 is 28.5 Å². The zero-order valence-electron chi connectivity index (χ0n) is 23.3. The van der Waals surface area contributed by atoms with E-state index in [0.717, 1.165) is 12.8 Å². The van der Waals surface area contributed by atoms with Crippen LogP contribution >= 0.6 is 0 Å². The number of unbranched alkanes of at least 4 members (excludes halogenated alkanes) is 10. The lowest BCUT2D eigenvalue weighted by Crippen LogP contribution is -2.21. The molecule has 0 saturated heterocycles. The Morgan fingerprint density at radius 3 is 1.54 bits per heavy atom. The van der Waals surface area contributed by atoms with Gasteiger partial charge < -0.3 is 23.8 Å². The fraction of sp³-hybridized carbons (Fsp3) is 0.929. The van der Waals surface area contributed by atoms with Crippen LogP contribution in [0, 0.1) is 0 Å². The average molecular weight is 502 g/mol. The number of ether oxygens (including phenoxy) is 4. The van der Waals surface area contributed by atoms with Crippen LogP contribution in [0.25, 0.3) is 0 Å². The van der Waals surface area contributed by atoms with Gasteiger partial charge in [0.2, 0.25) is 0 Å². The number of rotatable bonds is 26. The minimum Gasteiger partial charge on any atom is -0.466 e. The molecule has 0 aromatic carbocycles. The number of carbonyl (C=O) groups is 2. The second-order valence-electron chi connectivity index (χ2n) is 9.59. The van der Waals surface area contributed by atoms with Crippen LogP contribution in [-0.2, 0) is 28.5 Å². The molecule has 0 unspecified atom stereocenters. The van der Waals surface area contributed by atoms with E-state index in [1.165, 1.54) is 64.2 Å². The van der Waals surface area contributed by atoms with Crippen molar-refractivity contribution in [3.63, 3.8) is 0 Å². The zero-order valence-corrected chi connectivity index (χ0v) is 23.3. The van der Waals surface area contributed by atoms with Crippen LogP contribution in [0.3, 0.4) is 0 Å².